The van der Waals surface area contributed by atoms with Crippen LogP contribution < -0.4 is 14.8 Å². The van der Waals surface area contributed by atoms with Gasteiger partial charge in [0.15, 0.2) is 16.6 Å². The van der Waals surface area contributed by atoms with Gasteiger partial charge in [-0.05, 0) is 19.2 Å². The predicted octanol–water partition coefficient (Wildman–Crippen LogP) is 1.91. The van der Waals surface area contributed by atoms with Crippen LogP contribution in [0.5, 0.6) is 11.5 Å². The van der Waals surface area contributed by atoms with Crippen molar-refractivity contribution in [2.45, 2.75) is 19.1 Å². The van der Waals surface area contributed by atoms with E-state index >= 15 is 0 Å². The zero-order chi connectivity index (χ0) is 15.8. The van der Waals surface area contributed by atoms with Crippen LogP contribution in [0, 0.1) is 0 Å². The molecule has 1 aromatic carbocycles. The Hall–Kier alpha value is -2.12. The molecule has 0 radical (unpaired) electrons. The van der Waals surface area contributed by atoms with Gasteiger partial charge in [-0.3, -0.25) is 10.1 Å². The van der Waals surface area contributed by atoms with Crippen molar-refractivity contribution in [1.82, 2.24) is 9.88 Å². The second-order valence-corrected chi connectivity index (χ2v) is 6.81. The van der Waals surface area contributed by atoms with Crippen molar-refractivity contribution in [1.29, 1.82) is 0 Å². The van der Waals surface area contributed by atoms with Gasteiger partial charge < -0.3 is 14.4 Å². The lowest BCUT2D eigenvalue weighted by Gasteiger charge is -2.25. The maximum Gasteiger partial charge on any atom is 0.270 e. The van der Waals surface area contributed by atoms with Crippen LogP contribution in [-0.2, 0) is 17.8 Å². The normalized spacial score (nSPS) is 20.0. The number of aromatic nitrogens is 1. The van der Waals surface area contributed by atoms with Crippen LogP contribution in [0.25, 0.3) is 0 Å². The average Bonchev–Trinajstić information content (AvgIpc) is 2.95. The molecule has 0 unspecified atom stereocenters. The monoisotopic (exact) mass is 331 g/mol. The molecule has 1 atom stereocenters. The third-order valence-electron chi connectivity index (χ3n) is 3.95. The second-order valence-electron chi connectivity index (χ2n) is 5.73. The summed E-state index contributed by atoms with van der Waals surface area (Å²) in [5, 5.41) is 3.50. The number of thiazole rings is 1. The van der Waals surface area contributed by atoms with Crippen LogP contribution in [0.1, 0.15) is 10.6 Å². The van der Waals surface area contributed by atoms with Crippen LogP contribution in [0.15, 0.2) is 24.3 Å². The van der Waals surface area contributed by atoms with Gasteiger partial charge in [-0.25, -0.2) is 4.98 Å². The van der Waals surface area contributed by atoms with Crippen molar-refractivity contribution in [2.24, 2.45) is 0 Å². The summed E-state index contributed by atoms with van der Waals surface area (Å²) in [5.74, 6) is 1.04. The van der Waals surface area contributed by atoms with Crippen molar-refractivity contribution in [3.05, 3.63) is 34.8 Å². The SMILES string of the molecule is CN1CCc2nc(NC(=O)[C@@H]3COc4ccccc4O3)sc2C1. The molecule has 0 fully saturated rings. The molecule has 2 aromatic rings. The number of nitrogens with zero attached hydrogens (tertiary/aromatic N) is 2. The molecule has 1 aromatic heterocycles. The lowest BCUT2D eigenvalue weighted by atomic mass is 10.2. The number of carbonyl (C=O) groups is 1. The number of benzene rings is 1. The van der Waals surface area contributed by atoms with Gasteiger partial charge in [0.05, 0.1) is 5.69 Å². The molecule has 3 heterocycles. The highest BCUT2D eigenvalue weighted by Gasteiger charge is 2.28. The number of ether oxygens (including phenoxy) is 2. The number of fused-ring (bicyclic) bond motifs is 2. The lowest BCUT2D eigenvalue weighted by molar-refractivity contribution is -0.125. The first-order valence-corrected chi connectivity index (χ1v) is 8.37. The number of nitrogens with one attached hydrogen (secondary N) is 1. The fraction of sp³-hybridized carbons (Fsp3) is 0.375. The number of amides is 1. The molecule has 1 N–H and O–H groups in total. The van der Waals surface area contributed by atoms with Gasteiger partial charge in [-0.1, -0.05) is 12.1 Å². The molecule has 6 nitrogen and oxygen atoms in total. The van der Waals surface area contributed by atoms with Crippen molar-refractivity contribution < 1.29 is 14.3 Å². The summed E-state index contributed by atoms with van der Waals surface area (Å²) in [6.07, 6.45) is 0.266. The summed E-state index contributed by atoms with van der Waals surface area (Å²) >= 11 is 1.54. The predicted molar refractivity (Wildman–Crippen MR) is 87.1 cm³/mol. The average molecular weight is 331 g/mol. The Kier molecular flexibility index (Phi) is 3.66. The third-order valence-corrected chi connectivity index (χ3v) is 4.95. The van der Waals surface area contributed by atoms with Crippen LogP contribution >= 0.6 is 11.3 Å². The zero-order valence-corrected chi connectivity index (χ0v) is 13.6. The van der Waals surface area contributed by atoms with Gasteiger partial charge in [-0.15, -0.1) is 11.3 Å². The molecule has 0 saturated heterocycles. The molecule has 1 amide bonds. The van der Waals surface area contributed by atoms with Crippen LogP contribution in [0.2, 0.25) is 0 Å². The lowest BCUT2D eigenvalue weighted by Crippen LogP contribution is -2.40. The minimum Gasteiger partial charge on any atom is -0.485 e. The second kappa shape index (κ2) is 5.82. The highest BCUT2D eigenvalue weighted by molar-refractivity contribution is 7.15. The Balaban J connectivity index is 1.45. The maximum atomic E-state index is 12.4. The van der Waals surface area contributed by atoms with Crippen molar-refractivity contribution in [3.63, 3.8) is 0 Å². The van der Waals surface area contributed by atoms with E-state index in [1.165, 1.54) is 16.2 Å². The number of likely N-dealkylation sites (N-methyl/N-ethyl adjacent to an activating group) is 1. The van der Waals surface area contributed by atoms with E-state index in [0.717, 1.165) is 25.2 Å². The Labute approximate surface area is 138 Å². The van der Waals surface area contributed by atoms with Crippen molar-refractivity contribution in [3.8, 4) is 11.5 Å². The van der Waals surface area contributed by atoms with E-state index in [-0.39, 0.29) is 12.5 Å². The standard InChI is InChI=1S/C16H17N3O3S/c1-19-7-6-10-14(8-19)23-16(17-10)18-15(20)13-9-21-11-4-2-3-5-12(11)22-13/h2-5,13H,6-9H2,1H3,(H,17,18,20)/t13-/m0/s1. The third kappa shape index (κ3) is 2.89. The van der Waals surface area contributed by atoms with E-state index in [1.54, 1.807) is 6.07 Å². The van der Waals surface area contributed by atoms with Crippen LogP contribution in [0.3, 0.4) is 0 Å². The quantitative estimate of drug-likeness (QED) is 0.911. The topological polar surface area (TPSA) is 63.7 Å². The van der Waals surface area contributed by atoms with Gasteiger partial charge in [0.25, 0.3) is 5.91 Å². The Bertz CT molecular complexity index is 746. The van der Waals surface area contributed by atoms with E-state index in [1.807, 2.05) is 18.2 Å². The first-order chi connectivity index (χ1) is 11.2. The molecule has 7 heteroatoms. The smallest absolute Gasteiger partial charge is 0.270 e. The molecule has 0 spiro atoms. The fourth-order valence-corrected chi connectivity index (χ4v) is 3.80. The zero-order valence-electron chi connectivity index (χ0n) is 12.7. The molecule has 4 rings (SSSR count). The molecular weight excluding hydrogens is 314 g/mol. The van der Waals surface area contributed by atoms with E-state index in [0.29, 0.717) is 16.6 Å². The Morgan fingerprint density at radius 3 is 3.09 bits per heavy atom. The van der Waals surface area contributed by atoms with Gasteiger partial charge in [0.2, 0.25) is 6.10 Å². The molecule has 2 aliphatic heterocycles. The van der Waals surface area contributed by atoms with E-state index in [4.69, 9.17) is 9.47 Å². The minimum absolute atomic E-state index is 0.205. The molecule has 0 saturated carbocycles. The number of para-hydroxylation sites is 2. The number of carbonyl (C=O) groups excluding carboxylic acids is 1. The summed E-state index contributed by atoms with van der Waals surface area (Å²) in [7, 11) is 2.09. The van der Waals surface area contributed by atoms with Gasteiger partial charge in [0.1, 0.15) is 6.61 Å². The summed E-state index contributed by atoms with van der Waals surface area (Å²) in [4.78, 5) is 20.4. The molecule has 23 heavy (non-hydrogen) atoms. The molecule has 2 aliphatic rings. The van der Waals surface area contributed by atoms with E-state index in [2.05, 4.69) is 22.2 Å². The number of rotatable bonds is 2. The van der Waals surface area contributed by atoms with Crippen molar-refractivity contribution in [2.75, 3.05) is 25.5 Å². The summed E-state index contributed by atoms with van der Waals surface area (Å²) < 4.78 is 11.3. The maximum absolute atomic E-state index is 12.4. The highest BCUT2D eigenvalue weighted by Crippen LogP contribution is 2.32. The molecule has 0 aliphatic carbocycles. The van der Waals surface area contributed by atoms with Crippen molar-refractivity contribution >= 4 is 22.4 Å². The highest BCUT2D eigenvalue weighted by atomic mass is 32.1. The minimum atomic E-state index is -0.659. The summed E-state index contributed by atoms with van der Waals surface area (Å²) in [6.45, 7) is 2.09. The number of hydrogen-bond acceptors (Lipinski definition) is 6. The van der Waals surface area contributed by atoms with E-state index in [9.17, 15) is 4.79 Å². The largest absolute Gasteiger partial charge is 0.485 e. The summed E-state index contributed by atoms with van der Waals surface area (Å²) in [6, 6.07) is 7.36. The van der Waals surface area contributed by atoms with Gasteiger partial charge in [0, 0.05) is 24.4 Å². The molecule has 0 bridgehead atoms. The van der Waals surface area contributed by atoms with Crippen LogP contribution in [0.4, 0.5) is 5.13 Å². The molecular formula is C16H17N3O3S. The molecule has 120 valence electrons. The first kappa shape index (κ1) is 14.5. The first-order valence-electron chi connectivity index (χ1n) is 7.55. The number of anilines is 1. The number of hydrogen-bond donors (Lipinski definition) is 1. The Morgan fingerprint density at radius 1 is 1.39 bits per heavy atom. The van der Waals surface area contributed by atoms with Gasteiger partial charge >= 0.3 is 0 Å². The summed E-state index contributed by atoms with van der Waals surface area (Å²) in [5.41, 5.74) is 1.09. The fourth-order valence-electron chi connectivity index (χ4n) is 2.71. The van der Waals surface area contributed by atoms with Crippen LogP contribution in [-0.4, -0.2) is 42.1 Å². The van der Waals surface area contributed by atoms with E-state index < -0.39 is 6.10 Å². The Morgan fingerprint density at radius 2 is 2.22 bits per heavy atom. The van der Waals surface area contributed by atoms with Gasteiger partial charge in [-0.2, -0.15) is 0 Å².